The van der Waals surface area contributed by atoms with E-state index in [4.69, 9.17) is 5.11 Å². The summed E-state index contributed by atoms with van der Waals surface area (Å²) in [6, 6.07) is 7.80. The zero-order valence-corrected chi connectivity index (χ0v) is 9.61. The molecule has 0 aliphatic heterocycles. The number of rotatable bonds is 2. The van der Waals surface area contributed by atoms with Crippen molar-refractivity contribution in [3.05, 3.63) is 33.4 Å². The van der Waals surface area contributed by atoms with Crippen LogP contribution >= 0.6 is 22.6 Å². The first-order valence-corrected chi connectivity index (χ1v) is 5.22. The molecule has 72 valence electrons. The highest BCUT2D eigenvalue weighted by Gasteiger charge is 1.91. The summed E-state index contributed by atoms with van der Waals surface area (Å²) in [6.07, 6.45) is 0.513. The van der Waals surface area contributed by atoms with Crippen molar-refractivity contribution in [1.82, 2.24) is 0 Å². The quantitative estimate of drug-likeness (QED) is 0.673. The second-order valence-corrected chi connectivity index (χ2v) is 3.95. The molecule has 0 fully saturated rings. The summed E-state index contributed by atoms with van der Waals surface area (Å²) in [6.45, 7) is 0. The second kappa shape index (κ2) is 5.66. The largest absolute Gasteiger partial charge is 0.481 e. The van der Waals surface area contributed by atoms with Gasteiger partial charge in [0.05, 0.1) is 6.42 Å². The fourth-order valence-corrected chi connectivity index (χ4v) is 1.23. The van der Waals surface area contributed by atoms with Crippen LogP contribution < -0.4 is 0 Å². The molecule has 1 aromatic rings. The maximum Gasteiger partial charge on any atom is 0.304 e. The fraction of sp³-hybridized carbons (Fsp3) is 0.182. The summed E-state index contributed by atoms with van der Waals surface area (Å²) >= 11 is 2.22. The van der Waals surface area contributed by atoms with E-state index >= 15 is 0 Å². The molecule has 0 saturated heterocycles. The van der Waals surface area contributed by atoms with E-state index in [2.05, 4.69) is 34.4 Å². The highest BCUT2D eigenvalue weighted by molar-refractivity contribution is 14.1. The standard InChI is InChI=1S/C11H9IO2/c12-10-7-5-9(6-8-10)3-1-2-4-11(13)14/h5-8H,2,4H2,(H,13,14). The van der Waals surface area contributed by atoms with E-state index in [1.54, 1.807) is 0 Å². The predicted molar refractivity (Wildman–Crippen MR) is 62.9 cm³/mol. The van der Waals surface area contributed by atoms with Gasteiger partial charge in [0.25, 0.3) is 0 Å². The summed E-state index contributed by atoms with van der Waals surface area (Å²) in [7, 11) is 0. The van der Waals surface area contributed by atoms with Crippen LogP contribution in [0.25, 0.3) is 0 Å². The van der Waals surface area contributed by atoms with Gasteiger partial charge in [-0.25, -0.2) is 0 Å². The lowest BCUT2D eigenvalue weighted by Gasteiger charge is -1.90. The van der Waals surface area contributed by atoms with Gasteiger partial charge in [0.1, 0.15) is 0 Å². The Hall–Kier alpha value is -1.02. The van der Waals surface area contributed by atoms with Crippen molar-refractivity contribution in [3.8, 4) is 11.8 Å². The summed E-state index contributed by atoms with van der Waals surface area (Å²) < 4.78 is 1.17. The molecule has 0 aliphatic rings. The minimum atomic E-state index is -0.804. The summed E-state index contributed by atoms with van der Waals surface area (Å²) in [4.78, 5) is 10.2. The Balaban J connectivity index is 2.51. The van der Waals surface area contributed by atoms with Crippen LogP contribution in [0.15, 0.2) is 24.3 Å². The normalized spacial score (nSPS) is 8.93. The first-order valence-electron chi connectivity index (χ1n) is 4.15. The number of benzene rings is 1. The Kier molecular flexibility index (Phi) is 4.47. The summed E-state index contributed by atoms with van der Waals surface area (Å²) in [5.41, 5.74) is 0.927. The molecule has 0 aliphatic carbocycles. The van der Waals surface area contributed by atoms with Crippen molar-refractivity contribution in [3.63, 3.8) is 0 Å². The van der Waals surface area contributed by atoms with Crippen molar-refractivity contribution < 1.29 is 9.90 Å². The Morgan fingerprint density at radius 2 is 2.00 bits per heavy atom. The molecule has 0 bridgehead atoms. The van der Waals surface area contributed by atoms with Gasteiger partial charge in [-0.05, 0) is 46.9 Å². The predicted octanol–water partition coefficient (Wildman–Crippen LogP) is 2.51. The molecule has 0 atom stereocenters. The zero-order chi connectivity index (χ0) is 10.4. The van der Waals surface area contributed by atoms with Gasteiger partial charge < -0.3 is 5.11 Å². The smallest absolute Gasteiger partial charge is 0.304 e. The Morgan fingerprint density at radius 3 is 2.57 bits per heavy atom. The maximum atomic E-state index is 10.2. The number of carbonyl (C=O) groups is 1. The first kappa shape index (κ1) is 11.1. The van der Waals surface area contributed by atoms with Crippen molar-refractivity contribution in [2.24, 2.45) is 0 Å². The lowest BCUT2D eigenvalue weighted by atomic mass is 10.2. The molecule has 1 aromatic carbocycles. The van der Waals surface area contributed by atoms with E-state index in [1.165, 1.54) is 3.57 Å². The highest BCUT2D eigenvalue weighted by atomic mass is 127. The number of hydrogen-bond acceptors (Lipinski definition) is 1. The van der Waals surface area contributed by atoms with E-state index in [9.17, 15) is 4.79 Å². The van der Waals surface area contributed by atoms with Crippen molar-refractivity contribution >= 4 is 28.6 Å². The molecule has 0 saturated carbocycles. The van der Waals surface area contributed by atoms with Crippen LogP contribution in [0.3, 0.4) is 0 Å². The van der Waals surface area contributed by atoms with Crippen molar-refractivity contribution in [2.75, 3.05) is 0 Å². The monoisotopic (exact) mass is 300 g/mol. The van der Waals surface area contributed by atoms with Crippen molar-refractivity contribution in [1.29, 1.82) is 0 Å². The number of carboxylic acid groups (broad SMARTS) is 1. The van der Waals surface area contributed by atoms with E-state index in [0.717, 1.165) is 5.56 Å². The SMILES string of the molecule is O=C(O)CCC#Cc1ccc(I)cc1. The second-order valence-electron chi connectivity index (χ2n) is 2.70. The van der Waals surface area contributed by atoms with E-state index in [0.29, 0.717) is 6.42 Å². The summed E-state index contributed by atoms with van der Waals surface area (Å²) in [5, 5.41) is 8.38. The average molecular weight is 300 g/mol. The van der Waals surface area contributed by atoms with Gasteiger partial charge >= 0.3 is 5.97 Å². The Labute approximate surface area is 96.5 Å². The van der Waals surface area contributed by atoms with Gasteiger partial charge in [0, 0.05) is 15.6 Å². The average Bonchev–Trinajstić information content (AvgIpc) is 2.15. The summed E-state index contributed by atoms with van der Waals surface area (Å²) in [5.74, 6) is 4.93. The molecule has 0 heterocycles. The number of aliphatic carboxylic acids is 1. The molecule has 1 N–H and O–H groups in total. The Morgan fingerprint density at radius 1 is 1.36 bits per heavy atom. The molecule has 1 rings (SSSR count). The minimum Gasteiger partial charge on any atom is -0.481 e. The van der Waals surface area contributed by atoms with Gasteiger partial charge in [-0.3, -0.25) is 4.79 Å². The van der Waals surface area contributed by atoms with Crippen LogP contribution in [0.4, 0.5) is 0 Å². The van der Waals surface area contributed by atoms with E-state index in [1.807, 2.05) is 24.3 Å². The third kappa shape index (κ3) is 4.28. The third-order valence-corrected chi connectivity index (χ3v) is 2.26. The molecule has 3 heteroatoms. The van der Waals surface area contributed by atoms with Crippen LogP contribution in [-0.2, 0) is 4.79 Å². The lowest BCUT2D eigenvalue weighted by Crippen LogP contribution is -1.91. The highest BCUT2D eigenvalue weighted by Crippen LogP contribution is 2.05. The fourth-order valence-electron chi connectivity index (χ4n) is 0.867. The molecule has 0 radical (unpaired) electrons. The molecular weight excluding hydrogens is 291 g/mol. The van der Waals surface area contributed by atoms with Gasteiger partial charge in [-0.15, -0.1) is 0 Å². The van der Waals surface area contributed by atoms with Crippen LogP contribution in [0.1, 0.15) is 18.4 Å². The molecule has 0 amide bonds. The molecular formula is C11H9IO2. The zero-order valence-electron chi connectivity index (χ0n) is 7.46. The number of halogens is 1. The maximum absolute atomic E-state index is 10.2. The van der Waals surface area contributed by atoms with Gasteiger partial charge in [0.2, 0.25) is 0 Å². The topological polar surface area (TPSA) is 37.3 Å². The Bertz CT molecular complexity index is 371. The minimum absolute atomic E-state index is 0.109. The van der Waals surface area contributed by atoms with Crippen LogP contribution in [0.5, 0.6) is 0 Å². The van der Waals surface area contributed by atoms with Gasteiger partial charge in [-0.1, -0.05) is 11.8 Å². The van der Waals surface area contributed by atoms with Crippen LogP contribution in [-0.4, -0.2) is 11.1 Å². The van der Waals surface area contributed by atoms with Crippen LogP contribution in [0.2, 0.25) is 0 Å². The third-order valence-electron chi connectivity index (χ3n) is 1.54. The molecule has 0 spiro atoms. The van der Waals surface area contributed by atoms with Crippen LogP contribution in [0, 0.1) is 15.4 Å². The lowest BCUT2D eigenvalue weighted by molar-refractivity contribution is -0.136. The molecule has 0 unspecified atom stereocenters. The molecule has 0 aromatic heterocycles. The van der Waals surface area contributed by atoms with Gasteiger partial charge in [-0.2, -0.15) is 0 Å². The van der Waals surface area contributed by atoms with E-state index in [-0.39, 0.29) is 6.42 Å². The number of hydrogen-bond donors (Lipinski definition) is 1. The van der Waals surface area contributed by atoms with Crippen molar-refractivity contribution in [2.45, 2.75) is 12.8 Å². The van der Waals surface area contributed by atoms with Gasteiger partial charge in [0.15, 0.2) is 0 Å². The van der Waals surface area contributed by atoms with E-state index < -0.39 is 5.97 Å². The number of carboxylic acids is 1. The molecule has 2 nitrogen and oxygen atoms in total. The first-order chi connectivity index (χ1) is 6.68. The molecule has 14 heavy (non-hydrogen) atoms.